The third-order valence-corrected chi connectivity index (χ3v) is 3.66. The van der Waals surface area contributed by atoms with Crippen LogP contribution in [0.3, 0.4) is 0 Å². The number of aliphatic hydroxyl groups excluding tert-OH is 1. The van der Waals surface area contributed by atoms with Crippen LogP contribution in [0.4, 0.5) is 0 Å². The first-order chi connectivity index (χ1) is 9.24. The van der Waals surface area contributed by atoms with Crippen LogP contribution in [0.15, 0.2) is 54.7 Å². The maximum Gasteiger partial charge on any atom is 0.0482 e. The third-order valence-electron chi connectivity index (χ3n) is 3.66. The predicted molar refractivity (Wildman–Crippen MR) is 77.9 cm³/mol. The minimum atomic E-state index is 0.146. The Morgan fingerprint density at radius 1 is 1.00 bits per heavy atom. The van der Waals surface area contributed by atoms with Gasteiger partial charge in [-0.15, -0.1) is 0 Å². The van der Waals surface area contributed by atoms with Crippen LogP contribution in [0, 0.1) is 11.8 Å². The molecule has 0 amide bonds. The molecular weight excluding hydrogens is 234 g/mol. The van der Waals surface area contributed by atoms with Crippen LogP contribution in [0.5, 0.6) is 0 Å². The Kier molecular flexibility index (Phi) is 4.69. The molecule has 0 aliphatic rings. The van der Waals surface area contributed by atoms with Gasteiger partial charge in [-0.3, -0.25) is 4.98 Å². The molecule has 2 aromatic rings. The Morgan fingerprint density at radius 2 is 1.68 bits per heavy atom. The minimum absolute atomic E-state index is 0.146. The molecule has 0 aliphatic heterocycles. The summed E-state index contributed by atoms with van der Waals surface area (Å²) in [5.74, 6) is 0.724. The average Bonchev–Trinajstić information content (AvgIpc) is 2.46. The lowest BCUT2D eigenvalue weighted by Gasteiger charge is -2.28. The zero-order chi connectivity index (χ0) is 13.7. The predicted octanol–water partition coefficient (Wildman–Crippen LogP) is 3.48. The van der Waals surface area contributed by atoms with Crippen molar-refractivity contribution in [1.82, 2.24) is 4.98 Å². The Hall–Kier alpha value is -1.67. The monoisotopic (exact) mass is 255 g/mol. The molecule has 100 valence electrons. The van der Waals surface area contributed by atoms with Crippen molar-refractivity contribution in [2.75, 3.05) is 6.61 Å². The SMILES string of the molecule is CC(C)[C@H](CO)[C@@H](c1ccccc1)c1ccccn1. The summed E-state index contributed by atoms with van der Waals surface area (Å²) in [5, 5.41) is 9.76. The highest BCUT2D eigenvalue weighted by Gasteiger charge is 2.27. The van der Waals surface area contributed by atoms with Crippen LogP contribution in [0.2, 0.25) is 0 Å². The van der Waals surface area contributed by atoms with Gasteiger partial charge in [0.15, 0.2) is 0 Å². The number of pyridine rings is 1. The molecule has 1 aromatic carbocycles. The molecule has 2 rings (SSSR count). The lowest BCUT2D eigenvalue weighted by atomic mass is 9.77. The molecule has 2 nitrogen and oxygen atoms in total. The standard InChI is InChI=1S/C17H21NO/c1-13(2)15(12-19)17(14-8-4-3-5-9-14)16-10-6-7-11-18-16/h3-11,13,15,17,19H,12H2,1-2H3/t15-,17+/m0/s1. The van der Waals surface area contributed by atoms with Crippen LogP contribution >= 0.6 is 0 Å². The zero-order valence-corrected chi connectivity index (χ0v) is 11.5. The maximum atomic E-state index is 9.76. The summed E-state index contributed by atoms with van der Waals surface area (Å²) in [6, 6.07) is 16.3. The number of nitrogens with zero attached hydrogens (tertiary/aromatic N) is 1. The van der Waals surface area contributed by atoms with Crippen molar-refractivity contribution in [3.63, 3.8) is 0 Å². The second-order valence-corrected chi connectivity index (χ2v) is 5.23. The van der Waals surface area contributed by atoms with E-state index in [1.807, 2.05) is 42.6 Å². The van der Waals surface area contributed by atoms with Crippen LogP contribution in [0.25, 0.3) is 0 Å². The van der Waals surface area contributed by atoms with Crippen molar-refractivity contribution >= 4 is 0 Å². The van der Waals surface area contributed by atoms with E-state index in [9.17, 15) is 5.11 Å². The molecule has 19 heavy (non-hydrogen) atoms. The second kappa shape index (κ2) is 6.48. The fourth-order valence-electron chi connectivity index (χ4n) is 2.56. The Balaban J connectivity index is 2.45. The van der Waals surface area contributed by atoms with Gasteiger partial charge in [-0.1, -0.05) is 50.2 Å². The third kappa shape index (κ3) is 3.21. The van der Waals surface area contributed by atoms with E-state index in [1.54, 1.807) is 0 Å². The number of hydrogen-bond donors (Lipinski definition) is 1. The fraction of sp³-hybridized carbons (Fsp3) is 0.353. The normalized spacial score (nSPS) is 14.3. The molecule has 0 spiro atoms. The molecule has 0 saturated heterocycles. The molecule has 0 unspecified atom stereocenters. The first-order valence-corrected chi connectivity index (χ1v) is 6.80. The lowest BCUT2D eigenvalue weighted by molar-refractivity contribution is 0.174. The molecule has 1 N–H and O–H groups in total. The topological polar surface area (TPSA) is 33.1 Å². The largest absolute Gasteiger partial charge is 0.396 e. The van der Waals surface area contributed by atoms with Crippen molar-refractivity contribution in [2.45, 2.75) is 19.8 Å². The smallest absolute Gasteiger partial charge is 0.0482 e. The van der Waals surface area contributed by atoms with Gasteiger partial charge in [-0.05, 0) is 29.5 Å². The van der Waals surface area contributed by atoms with Crippen molar-refractivity contribution in [3.8, 4) is 0 Å². The van der Waals surface area contributed by atoms with E-state index < -0.39 is 0 Å². The highest BCUT2D eigenvalue weighted by molar-refractivity contribution is 5.29. The Labute approximate surface area is 115 Å². The van der Waals surface area contributed by atoms with Crippen LogP contribution in [0.1, 0.15) is 31.0 Å². The average molecular weight is 255 g/mol. The number of rotatable bonds is 5. The number of benzene rings is 1. The van der Waals surface area contributed by atoms with Gasteiger partial charge >= 0.3 is 0 Å². The summed E-state index contributed by atoms with van der Waals surface area (Å²) in [6.45, 7) is 4.48. The van der Waals surface area contributed by atoms with Gasteiger partial charge in [0.1, 0.15) is 0 Å². The van der Waals surface area contributed by atoms with Gasteiger partial charge in [0.05, 0.1) is 0 Å². The molecule has 0 aliphatic carbocycles. The van der Waals surface area contributed by atoms with Crippen LogP contribution in [-0.2, 0) is 0 Å². The molecule has 1 aromatic heterocycles. The Morgan fingerprint density at radius 3 is 2.21 bits per heavy atom. The van der Waals surface area contributed by atoms with Gasteiger partial charge in [0.25, 0.3) is 0 Å². The quantitative estimate of drug-likeness (QED) is 0.887. The minimum Gasteiger partial charge on any atom is -0.396 e. The lowest BCUT2D eigenvalue weighted by Crippen LogP contribution is -2.24. The van der Waals surface area contributed by atoms with Gasteiger partial charge in [-0.25, -0.2) is 0 Å². The van der Waals surface area contributed by atoms with E-state index >= 15 is 0 Å². The van der Waals surface area contributed by atoms with E-state index in [0.29, 0.717) is 5.92 Å². The van der Waals surface area contributed by atoms with Crippen molar-refractivity contribution in [3.05, 3.63) is 66.0 Å². The van der Waals surface area contributed by atoms with E-state index in [2.05, 4.69) is 31.0 Å². The van der Waals surface area contributed by atoms with Gasteiger partial charge < -0.3 is 5.11 Å². The first-order valence-electron chi connectivity index (χ1n) is 6.80. The Bertz CT molecular complexity index is 442. The van der Waals surface area contributed by atoms with Crippen LogP contribution in [-0.4, -0.2) is 16.7 Å². The summed E-state index contributed by atoms with van der Waals surface area (Å²) >= 11 is 0. The summed E-state index contributed by atoms with van der Waals surface area (Å²) in [6.07, 6.45) is 1.82. The van der Waals surface area contributed by atoms with Crippen molar-refractivity contribution in [1.29, 1.82) is 0 Å². The van der Waals surface area contributed by atoms with Gasteiger partial charge in [0.2, 0.25) is 0 Å². The van der Waals surface area contributed by atoms with Crippen molar-refractivity contribution in [2.24, 2.45) is 11.8 Å². The number of aliphatic hydroxyl groups is 1. The highest BCUT2D eigenvalue weighted by Crippen LogP contribution is 2.34. The van der Waals surface area contributed by atoms with E-state index in [4.69, 9.17) is 0 Å². The summed E-state index contributed by atoms with van der Waals surface area (Å²) < 4.78 is 0. The molecular formula is C17H21NO. The molecule has 0 bridgehead atoms. The highest BCUT2D eigenvalue weighted by atomic mass is 16.3. The molecule has 0 saturated carbocycles. The first kappa shape index (κ1) is 13.8. The molecule has 2 heteroatoms. The zero-order valence-electron chi connectivity index (χ0n) is 11.5. The molecule has 0 radical (unpaired) electrons. The van der Waals surface area contributed by atoms with E-state index in [0.717, 1.165) is 5.69 Å². The second-order valence-electron chi connectivity index (χ2n) is 5.23. The molecule has 1 heterocycles. The maximum absolute atomic E-state index is 9.76. The summed E-state index contributed by atoms with van der Waals surface area (Å²) in [5.41, 5.74) is 2.25. The number of aromatic nitrogens is 1. The fourth-order valence-corrected chi connectivity index (χ4v) is 2.56. The van der Waals surface area contributed by atoms with Crippen molar-refractivity contribution < 1.29 is 5.11 Å². The van der Waals surface area contributed by atoms with Gasteiger partial charge in [0, 0.05) is 24.4 Å². The van der Waals surface area contributed by atoms with E-state index in [1.165, 1.54) is 5.56 Å². The molecule has 2 atom stereocenters. The van der Waals surface area contributed by atoms with Gasteiger partial charge in [-0.2, -0.15) is 0 Å². The van der Waals surface area contributed by atoms with E-state index in [-0.39, 0.29) is 18.4 Å². The summed E-state index contributed by atoms with van der Waals surface area (Å²) in [4.78, 5) is 4.50. The summed E-state index contributed by atoms with van der Waals surface area (Å²) in [7, 11) is 0. The van der Waals surface area contributed by atoms with Crippen LogP contribution < -0.4 is 0 Å². The molecule has 0 fully saturated rings. The number of hydrogen-bond acceptors (Lipinski definition) is 2.